The van der Waals surface area contributed by atoms with Gasteiger partial charge in [0, 0.05) is 11.8 Å². The third-order valence-corrected chi connectivity index (χ3v) is 5.20. The number of carboxylic acids is 1. The van der Waals surface area contributed by atoms with Crippen LogP contribution in [0.5, 0.6) is 0 Å². The summed E-state index contributed by atoms with van der Waals surface area (Å²) in [5, 5.41) is 12.8. The summed E-state index contributed by atoms with van der Waals surface area (Å²) in [6.07, 6.45) is 5.57. The zero-order valence-corrected chi connectivity index (χ0v) is 14.5. The number of pyridine rings is 1. The smallest absolute Gasteiger partial charge is 0.314 e. The minimum absolute atomic E-state index is 0.302. The quantitative estimate of drug-likeness (QED) is 0.733. The zero-order valence-electron chi connectivity index (χ0n) is 13.8. The summed E-state index contributed by atoms with van der Waals surface area (Å²) >= 11 is 5.94. The van der Waals surface area contributed by atoms with E-state index in [0.29, 0.717) is 34.9 Å². The van der Waals surface area contributed by atoms with E-state index in [4.69, 9.17) is 11.6 Å². The summed E-state index contributed by atoms with van der Waals surface area (Å²) < 4.78 is 1.73. The first-order valence-electron chi connectivity index (χ1n) is 8.27. The van der Waals surface area contributed by atoms with Crippen LogP contribution in [-0.4, -0.2) is 26.4 Å². The number of hydrogen-bond donors (Lipinski definition) is 2. The van der Waals surface area contributed by atoms with E-state index in [0.717, 1.165) is 12.0 Å². The van der Waals surface area contributed by atoms with Gasteiger partial charge in [-0.15, -0.1) is 0 Å². The third kappa shape index (κ3) is 2.72. The molecule has 0 atom stereocenters. The molecule has 2 N–H and O–H groups in total. The second-order valence-electron chi connectivity index (χ2n) is 6.51. The molecule has 0 unspecified atom stereocenters. The first-order chi connectivity index (χ1) is 12.5. The van der Waals surface area contributed by atoms with Gasteiger partial charge >= 0.3 is 5.97 Å². The number of imidazole rings is 1. The number of rotatable bonds is 4. The Kier molecular flexibility index (Phi) is 3.92. The Bertz CT molecular complexity index is 1010. The number of amides is 1. The summed E-state index contributed by atoms with van der Waals surface area (Å²) in [4.78, 5) is 28.3. The van der Waals surface area contributed by atoms with E-state index in [2.05, 4.69) is 10.3 Å². The highest BCUT2D eigenvalue weighted by molar-refractivity contribution is 6.30. The van der Waals surface area contributed by atoms with Crippen LogP contribution in [0.3, 0.4) is 0 Å². The summed E-state index contributed by atoms with van der Waals surface area (Å²) in [6.45, 7) is 0. The number of carbonyl (C=O) groups is 2. The van der Waals surface area contributed by atoms with Crippen LogP contribution in [0.25, 0.3) is 5.65 Å². The van der Waals surface area contributed by atoms with E-state index in [1.807, 2.05) is 0 Å². The van der Waals surface area contributed by atoms with Gasteiger partial charge in [0.25, 0.3) is 5.91 Å². The first-order valence-corrected chi connectivity index (χ1v) is 8.65. The lowest BCUT2D eigenvalue weighted by Crippen LogP contribution is -2.42. The van der Waals surface area contributed by atoms with Crippen molar-refractivity contribution in [3.63, 3.8) is 0 Å². The molecule has 0 radical (unpaired) electrons. The van der Waals surface area contributed by atoms with Crippen LogP contribution >= 0.6 is 11.6 Å². The highest BCUT2D eigenvalue weighted by Crippen LogP contribution is 2.43. The topological polar surface area (TPSA) is 83.7 Å². The Morgan fingerprint density at radius 1 is 1.12 bits per heavy atom. The molecule has 0 bridgehead atoms. The van der Waals surface area contributed by atoms with E-state index in [-0.39, 0.29) is 5.91 Å². The molecule has 1 aliphatic carbocycles. The Labute approximate surface area is 154 Å². The number of anilines is 1. The number of carbonyl (C=O) groups excluding carboxylic acids is 1. The Hall–Kier alpha value is -2.86. The summed E-state index contributed by atoms with van der Waals surface area (Å²) in [5.41, 5.74) is 1.07. The lowest BCUT2D eigenvalue weighted by atomic mass is 9.64. The lowest BCUT2D eigenvalue weighted by molar-refractivity contribution is -0.147. The SMILES string of the molecule is O=C(Nc1cn2cc(Cl)ccc2n1)c1ccc(C2(C(=O)O)CCC2)cc1. The molecule has 0 aliphatic heterocycles. The van der Waals surface area contributed by atoms with Crippen molar-refractivity contribution in [1.82, 2.24) is 9.38 Å². The van der Waals surface area contributed by atoms with Gasteiger partial charge in [0.1, 0.15) is 5.65 Å². The van der Waals surface area contributed by atoms with Crippen LogP contribution in [0.4, 0.5) is 5.82 Å². The van der Waals surface area contributed by atoms with Gasteiger partial charge in [-0.3, -0.25) is 9.59 Å². The predicted octanol–water partition coefficient (Wildman–Crippen LogP) is 3.75. The van der Waals surface area contributed by atoms with Gasteiger partial charge in [-0.25, -0.2) is 4.98 Å². The average molecular weight is 370 g/mol. The molecular weight excluding hydrogens is 354 g/mol. The van der Waals surface area contributed by atoms with Crippen molar-refractivity contribution in [1.29, 1.82) is 0 Å². The minimum atomic E-state index is -0.802. The number of aromatic nitrogens is 2. The molecule has 1 saturated carbocycles. The molecule has 1 aromatic carbocycles. The number of benzene rings is 1. The van der Waals surface area contributed by atoms with E-state index < -0.39 is 11.4 Å². The third-order valence-electron chi connectivity index (χ3n) is 4.97. The van der Waals surface area contributed by atoms with Crippen LogP contribution in [0.15, 0.2) is 48.8 Å². The maximum absolute atomic E-state index is 12.4. The van der Waals surface area contributed by atoms with Crippen molar-refractivity contribution in [2.24, 2.45) is 0 Å². The number of fused-ring (bicyclic) bond motifs is 1. The maximum atomic E-state index is 12.4. The molecule has 1 amide bonds. The van der Waals surface area contributed by atoms with E-state index in [1.54, 1.807) is 53.2 Å². The summed E-state index contributed by atoms with van der Waals surface area (Å²) in [5.74, 6) is -0.685. The second kappa shape index (κ2) is 6.14. The second-order valence-corrected chi connectivity index (χ2v) is 6.95. The van der Waals surface area contributed by atoms with Gasteiger partial charge in [0.15, 0.2) is 5.82 Å². The molecule has 0 saturated heterocycles. The molecule has 4 rings (SSSR count). The molecule has 2 aromatic heterocycles. The molecule has 0 spiro atoms. The molecular formula is C19H16ClN3O3. The fraction of sp³-hybridized carbons (Fsp3) is 0.211. The monoisotopic (exact) mass is 369 g/mol. The number of carboxylic acid groups (broad SMARTS) is 1. The Balaban J connectivity index is 1.53. The molecule has 1 fully saturated rings. The maximum Gasteiger partial charge on any atom is 0.314 e. The van der Waals surface area contributed by atoms with Crippen molar-refractivity contribution < 1.29 is 14.7 Å². The van der Waals surface area contributed by atoms with Crippen molar-refractivity contribution in [2.75, 3.05) is 5.32 Å². The first kappa shape index (κ1) is 16.6. The number of nitrogens with one attached hydrogen (secondary N) is 1. The predicted molar refractivity (Wildman–Crippen MR) is 97.8 cm³/mol. The van der Waals surface area contributed by atoms with Crippen LogP contribution < -0.4 is 5.32 Å². The van der Waals surface area contributed by atoms with Gasteiger partial charge < -0.3 is 14.8 Å². The van der Waals surface area contributed by atoms with Crippen molar-refractivity contribution in [2.45, 2.75) is 24.7 Å². The Morgan fingerprint density at radius 2 is 1.85 bits per heavy atom. The number of hydrogen-bond acceptors (Lipinski definition) is 3. The van der Waals surface area contributed by atoms with Gasteiger partial charge in [-0.2, -0.15) is 0 Å². The fourth-order valence-electron chi connectivity index (χ4n) is 3.31. The summed E-state index contributed by atoms with van der Waals surface area (Å²) in [6, 6.07) is 10.3. The van der Waals surface area contributed by atoms with Gasteiger partial charge in [0.2, 0.25) is 0 Å². The zero-order chi connectivity index (χ0) is 18.3. The number of aliphatic carboxylic acids is 1. The Morgan fingerprint density at radius 3 is 2.46 bits per heavy atom. The van der Waals surface area contributed by atoms with Crippen LogP contribution in [-0.2, 0) is 10.2 Å². The number of nitrogens with zero attached hydrogens (tertiary/aromatic N) is 2. The molecule has 7 heteroatoms. The van der Waals surface area contributed by atoms with Gasteiger partial charge in [0.05, 0.1) is 16.6 Å². The van der Waals surface area contributed by atoms with Crippen LogP contribution in [0.2, 0.25) is 5.02 Å². The molecule has 26 heavy (non-hydrogen) atoms. The van der Waals surface area contributed by atoms with Gasteiger partial charge in [-0.1, -0.05) is 30.2 Å². The van der Waals surface area contributed by atoms with E-state index in [1.165, 1.54) is 0 Å². The molecule has 3 aromatic rings. The van der Waals surface area contributed by atoms with Crippen molar-refractivity contribution >= 4 is 34.9 Å². The van der Waals surface area contributed by atoms with Crippen molar-refractivity contribution in [3.8, 4) is 0 Å². The largest absolute Gasteiger partial charge is 0.481 e. The molecule has 2 heterocycles. The van der Waals surface area contributed by atoms with E-state index >= 15 is 0 Å². The van der Waals surface area contributed by atoms with E-state index in [9.17, 15) is 14.7 Å². The highest BCUT2D eigenvalue weighted by atomic mass is 35.5. The highest BCUT2D eigenvalue weighted by Gasteiger charge is 2.45. The minimum Gasteiger partial charge on any atom is -0.481 e. The molecule has 6 nitrogen and oxygen atoms in total. The van der Waals surface area contributed by atoms with Crippen LogP contribution in [0.1, 0.15) is 35.2 Å². The van der Waals surface area contributed by atoms with Gasteiger partial charge in [-0.05, 0) is 42.7 Å². The summed E-state index contributed by atoms with van der Waals surface area (Å²) in [7, 11) is 0. The standard InChI is InChI=1S/C19H16ClN3O3/c20-14-6-7-16-21-15(11-23(16)10-14)22-17(24)12-2-4-13(5-3-12)19(18(25)26)8-1-9-19/h2-7,10-11H,1,8-9H2,(H,22,24)(H,25,26). The lowest BCUT2D eigenvalue weighted by Gasteiger charge is -2.38. The average Bonchev–Trinajstić information content (AvgIpc) is 2.95. The number of halogens is 1. The van der Waals surface area contributed by atoms with Crippen LogP contribution in [0, 0.1) is 0 Å². The molecule has 1 aliphatic rings. The normalized spacial score (nSPS) is 15.4. The molecule has 132 valence electrons. The van der Waals surface area contributed by atoms with Crippen molar-refractivity contribution in [3.05, 3.63) is 64.9 Å². The fourth-order valence-corrected chi connectivity index (χ4v) is 3.48.